The number of nitrogens with one attached hydrogen (secondary N) is 2. The maximum atomic E-state index is 12.6. The summed E-state index contributed by atoms with van der Waals surface area (Å²) in [7, 11) is 0. The normalized spacial score (nSPS) is 12.2. The zero-order valence-corrected chi connectivity index (χ0v) is 17.8. The number of hydrogen-bond donors (Lipinski definition) is 2. The maximum Gasteiger partial charge on any atom is 0.355 e. The molecule has 2 rings (SSSR count). The largest absolute Gasteiger partial charge is 0.459 e. The number of aromatic nitrogens is 3. The lowest BCUT2D eigenvalue weighted by Crippen LogP contribution is -2.31. The van der Waals surface area contributed by atoms with E-state index < -0.39 is 23.9 Å². The molecule has 0 aliphatic heterocycles. The first-order valence-electron chi connectivity index (χ1n) is 9.48. The second-order valence-electron chi connectivity index (χ2n) is 7.37. The fourth-order valence-corrected chi connectivity index (χ4v) is 2.86. The molecule has 2 aromatic heterocycles. The lowest BCUT2D eigenvalue weighted by molar-refractivity contribution is -0.123. The third-order valence-corrected chi connectivity index (χ3v) is 4.25. The molecule has 1 unspecified atom stereocenters. The molecule has 0 aliphatic rings. The van der Waals surface area contributed by atoms with Gasteiger partial charge >= 0.3 is 11.9 Å². The third kappa shape index (κ3) is 5.04. The van der Waals surface area contributed by atoms with Crippen LogP contribution < -0.4 is 5.32 Å². The van der Waals surface area contributed by atoms with Crippen molar-refractivity contribution in [2.45, 2.75) is 66.7 Å². The molecule has 0 aromatic carbocycles. The summed E-state index contributed by atoms with van der Waals surface area (Å²) in [5.74, 6) is -1.22. The molecule has 2 N–H and O–H groups in total. The quantitative estimate of drug-likeness (QED) is 0.685. The molecule has 2 heterocycles. The topological polar surface area (TPSA) is 115 Å². The van der Waals surface area contributed by atoms with Crippen molar-refractivity contribution in [3.63, 3.8) is 0 Å². The summed E-state index contributed by atoms with van der Waals surface area (Å²) in [6.45, 7) is 12.1. The molecule has 0 spiro atoms. The summed E-state index contributed by atoms with van der Waals surface area (Å²) in [5, 5.41) is 6.84. The van der Waals surface area contributed by atoms with E-state index in [-0.39, 0.29) is 17.8 Å². The molecular formula is C20H28N4O5. The van der Waals surface area contributed by atoms with Crippen LogP contribution in [-0.4, -0.2) is 44.8 Å². The number of esters is 2. The number of H-pyrrole nitrogens is 1. The zero-order valence-electron chi connectivity index (χ0n) is 17.8. The fraction of sp³-hybridized carbons (Fsp3) is 0.500. The first-order chi connectivity index (χ1) is 13.5. The summed E-state index contributed by atoms with van der Waals surface area (Å²) >= 11 is 0. The SMILES string of the molecule is Cc1[nH]c(C(=O)OC(C)C(=O)Nc2ccnn2C(C)C)c(C)c1C(=O)OC(C)C. The van der Waals surface area contributed by atoms with Crippen molar-refractivity contribution in [1.29, 1.82) is 0 Å². The van der Waals surface area contributed by atoms with E-state index in [0.29, 0.717) is 22.6 Å². The molecular weight excluding hydrogens is 376 g/mol. The van der Waals surface area contributed by atoms with Crippen LogP contribution in [-0.2, 0) is 14.3 Å². The average molecular weight is 404 g/mol. The molecule has 0 aliphatic carbocycles. The average Bonchev–Trinajstić information content (AvgIpc) is 3.18. The molecule has 2 aromatic rings. The Bertz CT molecular complexity index is 910. The minimum atomic E-state index is -1.05. The highest BCUT2D eigenvalue weighted by Crippen LogP contribution is 2.21. The molecule has 9 heteroatoms. The van der Waals surface area contributed by atoms with E-state index in [9.17, 15) is 14.4 Å². The highest BCUT2D eigenvalue weighted by molar-refractivity contribution is 6.00. The standard InChI is InChI=1S/C20H28N4O5/c1-10(2)24-15(8-9-21-24)23-18(25)14(7)29-20(27)17-12(5)16(13(6)22-17)19(26)28-11(3)4/h8-11,14,22H,1-7H3,(H,23,25). The van der Waals surface area contributed by atoms with Crippen molar-refractivity contribution in [3.8, 4) is 0 Å². The Balaban J connectivity index is 2.10. The Labute approximate surface area is 169 Å². The zero-order chi connectivity index (χ0) is 21.9. The van der Waals surface area contributed by atoms with Gasteiger partial charge in [-0.05, 0) is 54.0 Å². The first-order valence-corrected chi connectivity index (χ1v) is 9.48. The predicted octanol–water partition coefficient (Wildman–Crippen LogP) is 3.16. The minimum absolute atomic E-state index is 0.0618. The van der Waals surface area contributed by atoms with E-state index in [1.165, 1.54) is 6.92 Å². The Morgan fingerprint density at radius 2 is 1.72 bits per heavy atom. The lowest BCUT2D eigenvalue weighted by atomic mass is 10.1. The highest BCUT2D eigenvalue weighted by Gasteiger charge is 2.27. The minimum Gasteiger partial charge on any atom is -0.459 e. The Hall–Kier alpha value is -3.10. The summed E-state index contributed by atoms with van der Waals surface area (Å²) in [4.78, 5) is 40.1. The van der Waals surface area contributed by atoms with Gasteiger partial charge < -0.3 is 19.8 Å². The molecule has 0 bridgehead atoms. The van der Waals surface area contributed by atoms with E-state index in [0.717, 1.165) is 0 Å². The summed E-state index contributed by atoms with van der Waals surface area (Å²) < 4.78 is 12.2. The van der Waals surface area contributed by atoms with Crippen LogP contribution in [0.5, 0.6) is 0 Å². The van der Waals surface area contributed by atoms with E-state index in [4.69, 9.17) is 9.47 Å². The van der Waals surface area contributed by atoms with Gasteiger partial charge in [0.15, 0.2) is 6.10 Å². The number of hydrogen-bond acceptors (Lipinski definition) is 6. The van der Waals surface area contributed by atoms with Gasteiger partial charge in [-0.3, -0.25) is 4.79 Å². The highest BCUT2D eigenvalue weighted by atomic mass is 16.6. The molecule has 9 nitrogen and oxygen atoms in total. The van der Waals surface area contributed by atoms with Crippen molar-refractivity contribution < 1.29 is 23.9 Å². The molecule has 29 heavy (non-hydrogen) atoms. The van der Waals surface area contributed by atoms with Crippen molar-refractivity contribution >= 4 is 23.7 Å². The molecule has 1 atom stereocenters. The van der Waals surface area contributed by atoms with Crippen LogP contribution >= 0.6 is 0 Å². The van der Waals surface area contributed by atoms with Crippen molar-refractivity contribution in [1.82, 2.24) is 14.8 Å². The molecule has 0 saturated carbocycles. The second kappa shape index (κ2) is 8.93. The number of rotatable bonds is 7. The van der Waals surface area contributed by atoms with Crippen LogP contribution in [0, 0.1) is 13.8 Å². The number of anilines is 1. The van der Waals surface area contributed by atoms with E-state index in [1.54, 1.807) is 44.6 Å². The molecule has 0 fully saturated rings. The van der Waals surface area contributed by atoms with Crippen molar-refractivity contribution in [2.24, 2.45) is 0 Å². The van der Waals surface area contributed by atoms with Gasteiger partial charge in [0.25, 0.3) is 5.91 Å². The van der Waals surface area contributed by atoms with Gasteiger partial charge in [-0.2, -0.15) is 5.10 Å². The number of ether oxygens (including phenoxy) is 2. The summed E-state index contributed by atoms with van der Waals surface area (Å²) in [6, 6.07) is 1.73. The molecule has 1 amide bonds. The van der Waals surface area contributed by atoms with Crippen LogP contribution in [0.4, 0.5) is 5.82 Å². The molecule has 158 valence electrons. The smallest absolute Gasteiger partial charge is 0.355 e. The van der Waals surface area contributed by atoms with Crippen LogP contribution in [0.15, 0.2) is 12.3 Å². The van der Waals surface area contributed by atoms with Crippen LogP contribution in [0.3, 0.4) is 0 Å². The number of amides is 1. The maximum absolute atomic E-state index is 12.6. The summed E-state index contributed by atoms with van der Waals surface area (Å²) in [5.41, 5.74) is 1.33. The second-order valence-corrected chi connectivity index (χ2v) is 7.37. The predicted molar refractivity (Wildman–Crippen MR) is 107 cm³/mol. The van der Waals surface area contributed by atoms with Crippen LogP contribution in [0.2, 0.25) is 0 Å². The Kier molecular flexibility index (Phi) is 6.84. The lowest BCUT2D eigenvalue weighted by Gasteiger charge is -2.15. The van der Waals surface area contributed by atoms with Gasteiger partial charge in [0, 0.05) is 17.8 Å². The van der Waals surface area contributed by atoms with E-state index >= 15 is 0 Å². The van der Waals surface area contributed by atoms with Crippen LogP contribution in [0.25, 0.3) is 0 Å². The van der Waals surface area contributed by atoms with Gasteiger partial charge in [-0.1, -0.05) is 0 Å². The van der Waals surface area contributed by atoms with Gasteiger partial charge in [0.1, 0.15) is 11.5 Å². The Morgan fingerprint density at radius 1 is 1.07 bits per heavy atom. The van der Waals surface area contributed by atoms with Crippen LogP contribution in [0.1, 0.15) is 72.8 Å². The number of carbonyl (C=O) groups is 3. The molecule has 0 radical (unpaired) electrons. The first kappa shape index (κ1) is 22.2. The van der Waals surface area contributed by atoms with Gasteiger partial charge in [0.05, 0.1) is 17.9 Å². The van der Waals surface area contributed by atoms with Crippen molar-refractivity contribution in [3.05, 3.63) is 34.8 Å². The van der Waals surface area contributed by atoms with Gasteiger partial charge in [-0.15, -0.1) is 0 Å². The fourth-order valence-electron chi connectivity index (χ4n) is 2.86. The van der Waals surface area contributed by atoms with Crippen molar-refractivity contribution in [2.75, 3.05) is 5.32 Å². The number of nitrogens with zero attached hydrogens (tertiary/aromatic N) is 2. The summed E-state index contributed by atoms with van der Waals surface area (Å²) in [6.07, 6.45) is 0.247. The third-order valence-electron chi connectivity index (χ3n) is 4.25. The van der Waals surface area contributed by atoms with Gasteiger partial charge in [-0.25, -0.2) is 14.3 Å². The van der Waals surface area contributed by atoms with E-state index in [1.807, 2.05) is 13.8 Å². The van der Waals surface area contributed by atoms with Gasteiger partial charge in [0.2, 0.25) is 0 Å². The Morgan fingerprint density at radius 3 is 2.31 bits per heavy atom. The monoisotopic (exact) mass is 404 g/mol. The van der Waals surface area contributed by atoms with E-state index in [2.05, 4.69) is 15.4 Å². The number of aromatic amines is 1. The number of aryl methyl sites for hydroxylation is 1. The molecule has 0 saturated heterocycles. The number of carbonyl (C=O) groups excluding carboxylic acids is 3.